The predicted octanol–water partition coefficient (Wildman–Crippen LogP) is 3.16. The Bertz CT molecular complexity index is 761. The summed E-state index contributed by atoms with van der Waals surface area (Å²) >= 11 is 0. The third-order valence-corrected chi connectivity index (χ3v) is 4.76. The number of hydrogen-bond acceptors (Lipinski definition) is 5. The maximum atomic E-state index is 12.7. The number of amides is 1. The van der Waals surface area contributed by atoms with Crippen LogP contribution in [0.3, 0.4) is 0 Å². The minimum atomic E-state index is 0.0591. The van der Waals surface area contributed by atoms with Crippen LogP contribution < -0.4 is 0 Å². The molecule has 0 aliphatic carbocycles. The molecule has 0 unspecified atom stereocenters. The fourth-order valence-corrected chi connectivity index (χ4v) is 3.50. The van der Waals surface area contributed by atoms with Gasteiger partial charge in [-0.3, -0.25) is 4.79 Å². The number of methoxy groups -OCH3 is 1. The standard InChI is InChI=1S/C19H25N3O3/c1-12-9-17(13(2)25-12)19(23)22-7-5-15(6-8-22)18-16(11-24-4)10-20-14(3)21-18/h9-10,15H,5-8,11H2,1-4H3. The summed E-state index contributed by atoms with van der Waals surface area (Å²) in [6.45, 7) is 7.58. The van der Waals surface area contributed by atoms with Crippen molar-refractivity contribution < 1.29 is 13.9 Å². The molecule has 0 bridgehead atoms. The monoisotopic (exact) mass is 343 g/mol. The lowest BCUT2D eigenvalue weighted by molar-refractivity contribution is 0.0709. The highest BCUT2D eigenvalue weighted by molar-refractivity contribution is 5.95. The number of furan rings is 1. The van der Waals surface area contributed by atoms with Gasteiger partial charge in [0.15, 0.2) is 0 Å². The Morgan fingerprint density at radius 2 is 2.04 bits per heavy atom. The molecule has 1 saturated heterocycles. The molecule has 1 aliphatic heterocycles. The van der Waals surface area contributed by atoms with Gasteiger partial charge >= 0.3 is 0 Å². The van der Waals surface area contributed by atoms with Gasteiger partial charge in [-0.05, 0) is 39.7 Å². The molecule has 3 rings (SSSR count). The number of rotatable bonds is 4. The lowest BCUT2D eigenvalue weighted by atomic mass is 9.90. The first-order chi connectivity index (χ1) is 12.0. The third kappa shape index (κ3) is 3.74. The number of likely N-dealkylation sites (tertiary alicyclic amines) is 1. The Hall–Kier alpha value is -2.21. The van der Waals surface area contributed by atoms with Crippen molar-refractivity contribution in [3.05, 3.63) is 46.4 Å². The summed E-state index contributed by atoms with van der Waals surface area (Å²) in [5, 5.41) is 0. The van der Waals surface area contributed by atoms with Gasteiger partial charge in [0, 0.05) is 37.9 Å². The lowest BCUT2D eigenvalue weighted by Gasteiger charge is -2.32. The number of hydrogen-bond donors (Lipinski definition) is 0. The summed E-state index contributed by atoms with van der Waals surface area (Å²) in [5.41, 5.74) is 2.78. The van der Waals surface area contributed by atoms with Crippen molar-refractivity contribution in [2.45, 2.75) is 46.1 Å². The lowest BCUT2D eigenvalue weighted by Crippen LogP contribution is -2.38. The Morgan fingerprint density at radius 3 is 2.64 bits per heavy atom. The smallest absolute Gasteiger partial charge is 0.257 e. The van der Waals surface area contributed by atoms with Crippen LogP contribution in [0.25, 0.3) is 0 Å². The van der Waals surface area contributed by atoms with Crippen LogP contribution in [-0.4, -0.2) is 41.0 Å². The molecule has 0 atom stereocenters. The highest BCUT2D eigenvalue weighted by atomic mass is 16.5. The van der Waals surface area contributed by atoms with Crippen molar-refractivity contribution >= 4 is 5.91 Å². The summed E-state index contributed by atoms with van der Waals surface area (Å²) in [6, 6.07) is 1.83. The molecule has 25 heavy (non-hydrogen) atoms. The molecule has 134 valence electrons. The topological polar surface area (TPSA) is 68.5 Å². The van der Waals surface area contributed by atoms with Gasteiger partial charge in [0.1, 0.15) is 17.3 Å². The van der Waals surface area contributed by atoms with Gasteiger partial charge in [0.25, 0.3) is 5.91 Å². The Labute approximate surface area is 148 Å². The fourth-order valence-electron chi connectivity index (χ4n) is 3.50. The Kier molecular flexibility index (Phi) is 5.18. The summed E-state index contributed by atoms with van der Waals surface area (Å²) in [6.07, 6.45) is 3.65. The van der Waals surface area contributed by atoms with Gasteiger partial charge < -0.3 is 14.1 Å². The van der Waals surface area contributed by atoms with E-state index >= 15 is 0 Å². The summed E-state index contributed by atoms with van der Waals surface area (Å²) in [4.78, 5) is 23.6. The first-order valence-corrected chi connectivity index (χ1v) is 8.67. The van der Waals surface area contributed by atoms with E-state index in [9.17, 15) is 4.79 Å². The first kappa shape index (κ1) is 17.6. The van der Waals surface area contributed by atoms with Crippen LogP contribution in [-0.2, 0) is 11.3 Å². The highest BCUT2D eigenvalue weighted by Gasteiger charge is 2.28. The number of ether oxygens (including phenoxy) is 1. The Balaban J connectivity index is 1.71. The van der Waals surface area contributed by atoms with Crippen molar-refractivity contribution in [1.82, 2.24) is 14.9 Å². The van der Waals surface area contributed by atoms with Gasteiger partial charge in [-0.2, -0.15) is 0 Å². The van der Waals surface area contributed by atoms with E-state index in [1.807, 2.05) is 37.9 Å². The van der Waals surface area contributed by atoms with E-state index in [4.69, 9.17) is 9.15 Å². The van der Waals surface area contributed by atoms with Crippen molar-refractivity contribution in [3.8, 4) is 0 Å². The molecular formula is C19H25N3O3. The van der Waals surface area contributed by atoms with Gasteiger partial charge in [-0.1, -0.05) is 0 Å². The molecule has 1 amide bonds. The molecule has 1 fully saturated rings. The van der Waals surface area contributed by atoms with Crippen LogP contribution >= 0.6 is 0 Å². The molecule has 1 aliphatic rings. The van der Waals surface area contributed by atoms with Crippen LogP contribution in [0.1, 0.15) is 57.7 Å². The van der Waals surface area contributed by atoms with Gasteiger partial charge in [-0.25, -0.2) is 9.97 Å². The van der Waals surface area contributed by atoms with Crippen molar-refractivity contribution in [3.63, 3.8) is 0 Å². The average Bonchev–Trinajstić information content (AvgIpc) is 2.94. The molecular weight excluding hydrogens is 318 g/mol. The van der Waals surface area contributed by atoms with Crippen molar-refractivity contribution in [2.75, 3.05) is 20.2 Å². The normalized spacial score (nSPS) is 15.6. The van der Waals surface area contributed by atoms with Crippen LogP contribution in [0.4, 0.5) is 0 Å². The van der Waals surface area contributed by atoms with E-state index in [-0.39, 0.29) is 5.91 Å². The number of piperidine rings is 1. The zero-order valence-corrected chi connectivity index (χ0v) is 15.3. The highest BCUT2D eigenvalue weighted by Crippen LogP contribution is 2.30. The van der Waals surface area contributed by atoms with Gasteiger partial charge in [0.05, 0.1) is 17.9 Å². The molecule has 2 aromatic rings. The van der Waals surface area contributed by atoms with Crippen molar-refractivity contribution in [1.29, 1.82) is 0 Å². The van der Waals surface area contributed by atoms with E-state index in [0.717, 1.165) is 48.8 Å². The molecule has 0 spiro atoms. The predicted molar refractivity (Wildman–Crippen MR) is 93.5 cm³/mol. The minimum Gasteiger partial charge on any atom is -0.466 e. The zero-order valence-electron chi connectivity index (χ0n) is 15.3. The van der Waals surface area contributed by atoms with Gasteiger partial charge in [0.2, 0.25) is 0 Å². The average molecular weight is 343 g/mol. The SMILES string of the molecule is COCc1cnc(C)nc1C1CCN(C(=O)c2cc(C)oc2C)CC1. The van der Waals surface area contributed by atoms with Crippen LogP contribution in [0.2, 0.25) is 0 Å². The minimum absolute atomic E-state index is 0.0591. The maximum Gasteiger partial charge on any atom is 0.257 e. The quantitative estimate of drug-likeness (QED) is 0.853. The molecule has 6 heteroatoms. The van der Waals surface area contributed by atoms with E-state index < -0.39 is 0 Å². The van der Waals surface area contributed by atoms with Crippen LogP contribution in [0, 0.1) is 20.8 Å². The fraction of sp³-hybridized carbons (Fsp3) is 0.526. The zero-order chi connectivity index (χ0) is 18.0. The molecule has 0 saturated carbocycles. The van der Waals surface area contributed by atoms with Crippen LogP contribution in [0.15, 0.2) is 16.7 Å². The Morgan fingerprint density at radius 1 is 1.32 bits per heavy atom. The largest absolute Gasteiger partial charge is 0.466 e. The number of aromatic nitrogens is 2. The summed E-state index contributed by atoms with van der Waals surface area (Å²) in [7, 11) is 1.68. The number of carbonyl (C=O) groups excluding carboxylic acids is 1. The summed E-state index contributed by atoms with van der Waals surface area (Å²) < 4.78 is 10.8. The second-order valence-electron chi connectivity index (χ2n) is 6.65. The summed E-state index contributed by atoms with van der Waals surface area (Å²) in [5.74, 6) is 2.64. The second kappa shape index (κ2) is 7.35. The molecule has 0 radical (unpaired) electrons. The molecule has 0 aromatic carbocycles. The molecule has 2 aromatic heterocycles. The third-order valence-electron chi connectivity index (χ3n) is 4.76. The van der Waals surface area contributed by atoms with E-state index in [2.05, 4.69) is 9.97 Å². The molecule has 3 heterocycles. The number of carbonyl (C=O) groups is 1. The number of aryl methyl sites for hydroxylation is 3. The van der Waals surface area contributed by atoms with E-state index in [1.54, 1.807) is 7.11 Å². The maximum absolute atomic E-state index is 12.7. The molecule has 6 nitrogen and oxygen atoms in total. The number of nitrogens with zero attached hydrogens (tertiary/aromatic N) is 3. The molecule has 0 N–H and O–H groups in total. The van der Waals surface area contributed by atoms with Crippen LogP contribution in [0.5, 0.6) is 0 Å². The van der Waals surface area contributed by atoms with E-state index in [0.29, 0.717) is 23.8 Å². The second-order valence-corrected chi connectivity index (χ2v) is 6.65. The van der Waals surface area contributed by atoms with Gasteiger partial charge in [-0.15, -0.1) is 0 Å². The first-order valence-electron chi connectivity index (χ1n) is 8.67. The van der Waals surface area contributed by atoms with E-state index in [1.165, 1.54) is 0 Å². The van der Waals surface area contributed by atoms with Crippen molar-refractivity contribution in [2.24, 2.45) is 0 Å².